The maximum Gasteiger partial charge on any atom is 0.341 e. The van der Waals surface area contributed by atoms with Crippen molar-refractivity contribution in [3.05, 3.63) is 133 Å². The number of nitrogens with zero attached hydrogens (tertiary/aromatic N) is 2. The first-order valence-corrected chi connectivity index (χ1v) is 28.3. The van der Waals surface area contributed by atoms with Crippen molar-refractivity contribution in [2.75, 3.05) is 9.80 Å². The summed E-state index contributed by atoms with van der Waals surface area (Å²) in [6.45, 7) is 13.9. The Bertz CT molecular complexity index is 1610. The van der Waals surface area contributed by atoms with E-state index in [0.29, 0.717) is 23.9 Å². The zero-order valence-corrected chi connectivity index (χ0v) is 36.5. The van der Waals surface area contributed by atoms with E-state index in [2.05, 4.69) is 159 Å². The van der Waals surface area contributed by atoms with Gasteiger partial charge in [-0.1, -0.05) is 87.5 Å². The summed E-state index contributed by atoms with van der Waals surface area (Å²) < 4.78 is 0. The van der Waals surface area contributed by atoms with E-state index in [1.165, 1.54) is 22.5 Å². The number of para-hydroxylation sites is 2. The molecule has 51 heavy (non-hydrogen) atoms. The fourth-order valence-electron chi connectivity index (χ4n) is 6.94. The molecule has 10 heteroatoms. The third-order valence-electron chi connectivity index (χ3n) is 10.3. The number of anilines is 4. The summed E-state index contributed by atoms with van der Waals surface area (Å²) in [5, 5.41) is 0. The predicted octanol–water partition coefficient (Wildman–Crippen LogP) is 14.7. The average molecular weight is 840 g/mol. The molecule has 0 aliphatic heterocycles. The average Bonchev–Trinajstić information content (AvgIpc) is 3.10. The van der Waals surface area contributed by atoms with E-state index in [0.717, 1.165) is 37.1 Å². The Kier molecular flexibility index (Phi) is 16.2. The molecule has 0 radical (unpaired) electrons. The summed E-state index contributed by atoms with van der Waals surface area (Å²) in [5.41, 5.74) is 7.11. The number of aryl methyl sites for hydroxylation is 2. The van der Waals surface area contributed by atoms with Gasteiger partial charge in [0.2, 0.25) is 0 Å². The van der Waals surface area contributed by atoms with Crippen molar-refractivity contribution in [3.8, 4) is 0 Å². The number of hydrogen-bond donors (Lipinski definition) is 0. The van der Waals surface area contributed by atoms with E-state index < -0.39 is 12.0 Å². The fraction of sp³-hybridized carbons (Fsp3) is 0.366. The second-order valence-corrected chi connectivity index (χ2v) is 32.3. The molecule has 5 atom stereocenters. The summed E-state index contributed by atoms with van der Waals surface area (Å²) in [5.74, 6) is 0.949. The van der Waals surface area contributed by atoms with Crippen LogP contribution in [0.3, 0.4) is 0 Å². The van der Waals surface area contributed by atoms with Crippen molar-refractivity contribution >= 4 is 101 Å². The summed E-state index contributed by atoms with van der Waals surface area (Å²) in [7, 11) is 0. The van der Waals surface area contributed by atoms with Crippen molar-refractivity contribution in [1.82, 2.24) is 0 Å². The molecule has 0 aliphatic rings. The molecule has 4 rings (SSSR count). The zero-order valence-electron chi connectivity index (χ0n) is 30.0. The minimum atomic E-state index is -2.62. The highest BCUT2D eigenvalue weighted by atomic mass is 35.8. The van der Waals surface area contributed by atoms with Gasteiger partial charge in [-0.3, -0.25) is 0 Å². The first-order chi connectivity index (χ1) is 24.2. The summed E-state index contributed by atoms with van der Waals surface area (Å²) >= 11 is 36.8. The standard InChI is InChI=1S/C41H50Cl6N2Si2/c1-6-41(49(38-19-11-8-12-20-38)40-27-23-36(24-28-40)16-14-30-51(45,46)47)33(4)31(2)32(3)34(5)48(37-17-9-7-10-18-37)39-25-21-35(22-26-39)15-13-29-50(42,43)44/h6-12,17-28,31-34,41H,1,13-16,29-30H2,2-5H3/t31-,32-,33-,34+,41?/m0/s1. The summed E-state index contributed by atoms with van der Waals surface area (Å²) in [4.78, 5) is 4.91. The Hall–Kier alpha value is -1.61. The molecule has 0 saturated heterocycles. The normalized spacial score (nSPS) is 15.0. The minimum Gasteiger partial charge on any atom is -0.338 e. The van der Waals surface area contributed by atoms with Gasteiger partial charge in [-0.2, -0.15) is 0 Å². The van der Waals surface area contributed by atoms with Gasteiger partial charge in [-0.15, -0.1) is 73.1 Å². The molecule has 0 fully saturated rings. The van der Waals surface area contributed by atoms with E-state index in [-0.39, 0.29) is 18.0 Å². The van der Waals surface area contributed by atoms with Crippen LogP contribution in [0.4, 0.5) is 22.7 Å². The Morgan fingerprint density at radius 1 is 0.510 bits per heavy atom. The molecule has 4 aromatic carbocycles. The highest BCUT2D eigenvalue weighted by Gasteiger charge is 2.34. The highest BCUT2D eigenvalue weighted by molar-refractivity contribution is 7.65. The minimum absolute atomic E-state index is 0.0541. The molecule has 0 heterocycles. The molecular formula is C41H50Cl6N2Si2. The topological polar surface area (TPSA) is 6.48 Å². The van der Waals surface area contributed by atoms with Gasteiger partial charge in [0, 0.05) is 28.8 Å². The van der Waals surface area contributed by atoms with E-state index in [1.807, 2.05) is 0 Å². The maximum absolute atomic E-state index is 6.14. The second-order valence-electron chi connectivity index (χ2n) is 13.7. The smallest absolute Gasteiger partial charge is 0.338 e. The van der Waals surface area contributed by atoms with E-state index in [4.69, 9.17) is 66.5 Å². The summed E-state index contributed by atoms with van der Waals surface area (Å²) in [6, 6.07) is 35.4. The van der Waals surface area contributed by atoms with Crippen molar-refractivity contribution in [3.63, 3.8) is 0 Å². The lowest BCUT2D eigenvalue weighted by Crippen LogP contribution is -2.43. The molecule has 0 spiro atoms. The first kappa shape index (κ1) is 42.1. The maximum atomic E-state index is 6.14. The summed E-state index contributed by atoms with van der Waals surface area (Å²) in [6.07, 6.45) is 5.65. The van der Waals surface area contributed by atoms with Crippen molar-refractivity contribution < 1.29 is 0 Å². The molecule has 0 aliphatic carbocycles. The van der Waals surface area contributed by atoms with E-state index in [9.17, 15) is 0 Å². The van der Waals surface area contributed by atoms with Crippen LogP contribution in [0.2, 0.25) is 12.1 Å². The van der Waals surface area contributed by atoms with E-state index >= 15 is 0 Å². The SMILES string of the molecule is C=CC([C@@H](C)[C@@H](C)[C@H](C)[C@@H](C)N(c1ccccc1)c1ccc(CCC[Si](Cl)(Cl)Cl)cc1)N(c1ccccc1)c1ccc(CCC[Si](Cl)(Cl)Cl)cc1. The molecule has 1 unspecified atom stereocenters. The largest absolute Gasteiger partial charge is 0.341 e. The molecule has 0 N–H and O–H groups in total. The van der Waals surface area contributed by atoms with Gasteiger partial charge >= 0.3 is 12.0 Å². The Morgan fingerprint density at radius 2 is 0.882 bits per heavy atom. The lowest BCUT2D eigenvalue weighted by Gasteiger charge is -2.43. The van der Waals surface area contributed by atoms with Crippen LogP contribution in [-0.2, 0) is 12.8 Å². The van der Waals surface area contributed by atoms with Crippen LogP contribution in [0.15, 0.2) is 122 Å². The van der Waals surface area contributed by atoms with Crippen LogP contribution < -0.4 is 9.80 Å². The van der Waals surface area contributed by atoms with Crippen LogP contribution in [0, 0.1) is 17.8 Å². The quantitative estimate of drug-likeness (QED) is 0.0527. The molecule has 4 aromatic rings. The van der Waals surface area contributed by atoms with Gasteiger partial charge in [0.25, 0.3) is 0 Å². The van der Waals surface area contributed by atoms with Crippen LogP contribution in [0.1, 0.15) is 51.7 Å². The zero-order chi connectivity index (χ0) is 37.2. The van der Waals surface area contributed by atoms with Gasteiger partial charge in [0.05, 0.1) is 6.04 Å². The van der Waals surface area contributed by atoms with Gasteiger partial charge < -0.3 is 9.80 Å². The second kappa shape index (κ2) is 19.6. The molecule has 0 aromatic heterocycles. The van der Waals surface area contributed by atoms with Crippen molar-refractivity contribution in [2.45, 2.75) is 77.6 Å². The molecule has 0 amide bonds. The van der Waals surface area contributed by atoms with Crippen LogP contribution in [0.25, 0.3) is 0 Å². The molecule has 274 valence electrons. The Morgan fingerprint density at radius 3 is 1.27 bits per heavy atom. The Labute approximate surface area is 336 Å². The number of hydrogen-bond acceptors (Lipinski definition) is 2. The monoisotopic (exact) mass is 836 g/mol. The third-order valence-corrected chi connectivity index (χ3v) is 15.5. The number of halogens is 6. The number of benzene rings is 4. The van der Waals surface area contributed by atoms with Gasteiger partial charge in [-0.25, -0.2) is 0 Å². The molecule has 2 nitrogen and oxygen atoms in total. The van der Waals surface area contributed by atoms with Crippen LogP contribution in [-0.4, -0.2) is 24.1 Å². The lowest BCUT2D eigenvalue weighted by atomic mass is 9.76. The van der Waals surface area contributed by atoms with Gasteiger partial charge in [0.15, 0.2) is 0 Å². The lowest BCUT2D eigenvalue weighted by molar-refractivity contribution is 0.235. The highest BCUT2D eigenvalue weighted by Crippen LogP contribution is 2.39. The Balaban J connectivity index is 1.58. The van der Waals surface area contributed by atoms with Crippen LogP contribution in [0.5, 0.6) is 0 Å². The van der Waals surface area contributed by atoms with E-state index in [1.54, 1.807) is 0 Å². The number of rotatable bonds is 19. The van der Waals surface area contributed by atoms with Crippen LogP contribution >= 0.6 is 66.5 Å². The molecular weight excluding hydrogens is 789 g/mol. The van der Waals surface area contributed by atoms with Crippen molar-refractivity contribution in [1.29, 1.82) is 0 Å². The predicted molar refractivity (Wildman–Crippen MR) is 234 cm³/mol. The molecule has 0 saturated carbocycles. The fourth-order valence-corrected chi connectivity index (χ4v) is 10.5. The molecule has 0 bridgehead atoms. The van der Waals surface area contributed by atoms with Gasteiger partial charge in [-0.05, 0) is 122 Å². The first-order valence-electron chi connectivity index (χ1n) is 17.8. The van der Waals surface area contributed by atoms with Crippen molar-refractivity contribution in [2.24, 2.45) is 17.8 Å². The van der Waals surface area contributed by atoms with Gasteiger partial charge in [0.1, 0.15) is 0 Å². The third kappa shape index (κ3) is 12.7.